The van der Waals surface area contributed by atoms with Gasteiger partial charge in [0.1, 0.15) is 0 Å². The standard InChI is InChI=1S/C26H27NO4/c1-30-24-11-10-19(17-25(24)31-20-6-2-3-7-20)23(16-18-12-14-27-15-13-18)21-8-4-5-9-22(21)26(28)29/h4-5,8-15,17,20,23H,2-3,6-7,16H2,1H3,(H,28,29). The molecule has 1 unspecified atom stereocenters. The number of ether oxygens (including phenoxy) is 2. The molecule has 0 saturated heterocycles. The summed E-state index contributed by atoms with van der Waals surface area (Å²) in [7, 11) is 1.64. The number of pyridine rings is 1. The Morgan fingerprint density at radius 1 is 1.06 bits per heavy atom. The van der Waals surface area contributed by atoms with E-state index < -0.39 is 5.97 Å². The molecule has 31 heavy (non-hydrogen) atoms. The number of methoxy groups -OCH3 is 1. The number of carboxylic acid groups (broad SMARTS) is 1. The topological polar surface area (TPSA) is 68.7 Å². The van der Waals surface area contributed by atoms with E-state index in [9.17, 15) is 9.90 Å². The fraction of sp³-hybridized carbons (Fsp3) is 0.308. The van der Waals surface area contributed by atoms with Crippen LogP contribution in [0, 0.1) is 0 Å². The van der Waals surface area contributed by atoms with Crippen LogP contribution in [0.2, 0.25) is 0 Å². The zero-order valence-corrected chi connectivity index (χ0v) is 17.7. The lowest BCUT2D eigenvalue weighted by molar-refractivity contribution is 0.0695. The minimum absolute atomic E-state index is 0.147. The number of aromatic carboxylic acids is 1. The van der Waals surface area contributed by atoms with E-state index in [2.05, 4.69) is 4.98 Å². The Hall–Kier alpha value is -3.34. The molecule has 3 aromatic rings. The second-order valence-electron chi connectivity index (χ2n) is 7.94. The van der Waals surface area contributed by atoms with Crippen LogP contribution in [0.5, 0.6) is 11.5 Å². The van der Waals surface area contributed by atoms with Crippen LogP contribution >= 0.6 is 0 Å². The minimum Gasteiger partial charge on any atom is -0.493 e. The van der Waals surface area contributed by atoms with Gasteiger partial charge in [-0.25, -0.2) is 4.79 Å². The second-order valence-corrected chi connectivity index (χ2v) is 7.94. The molecule has 2 aromatic carbocycles. The molecule has 0 radical (unpaired) electrons. The fourth-order valence-corrected chi connectivity index (χ4v) is 4.35. The fourth-order valence-electron chi connectivity index (χ4n) is 4.35. The third-order valence-electron chi connectivity index (χ3n) is 5.94. The lowest BCUT2D eigenvalue weighted by Crippen LogP contribution is -2.14. The number of carbonyl (C=O) groups is 1. The molecule has 5 nitrogen and oxygen atoms in total. The predicted octanol–water partition coefficient (Wildman–Crippen LogP) is 5.48. The minimum atomic E-state index is -0.925. The third kappa shape index (κ3) is 4.88. The lowest BCUT2D eigenvalue weighted by atomic mass is 9.83. The highest BCUT2D eigenvalue weighted by molar-refractivity contribution is 5.89. The summed E-state index contributed by atoms with van der Waals surface area (Å²) in [5, 5.41) is 9.80. The van der Waals surface area contributed by atoms with Crippen LogP contribution in [0.25, 0.3) is 0 Å². The molecule has 160 valence electrons. The number of aromatic nitrogens is 1. The van der Waals surface area contributed by atoms with E-state index in [0.717, 1.165) is 35.3 Å². The Morgan fingerprint density at radius 3 is 2.52 bits per heavy atom. The molecule has 5 heteroatoms. The highest BCUT2D eigenvalue weighted by atomic mass is 16.5. The maximum atomic E-state index is 12.0. The largest absolute Gasteiger partial charge is 0.493 e. The quantitative estimate of drug-likeness (QED) is 0.525. The van der Waals surface area contributed by atoms with Crippen molar-refractivity contribution in [1.82, 2.24) is 4.98 Å². The first-order chi connectivity index (χ1) is 15.2. The molecule has 1 atom stereocenters. The zero-order chi connectivity index (χ0) is 21.6. The van der Waals surface area contributed by atoms with Gasteiger partial charge < -0.3 is 14.6 Å². The Labute approximate surface area is 182 Å². The van der Waals surface area contributed by atoms with Crippen molar-refractivity contribution in [2.75, 3.05) is 7.11 Å². The average molecular weight is 418 g/mol. The van der Waals surface area contributed by atoms with Gasteiger partial charge in [-0.1, -0.05) is 24.3 Å². The van der Waals surface area contributed by atoms with Crippen LogP contribution in [0.4, 0.5) is 0 Å². The van der Waals surface area contributed by atoms with Crippen molar-refractivity contribution < 1.29 is 19.4 Å². The summed E-state index contributed by atoms with van der Waals surface area (Å²) in [6.07, 6.45) is 8.85. The van der Waals surface area contributed by atoms with Gasteiger partial charge in [0.2, 0.25) is 0 Å². The van der Waals surface area contributed by atoms with Crippen molar-refractivity contribution in [3.63, 3.8) is 0 Å². The van der Waals surface area contributed by atoms with E-state index in [1.807, 2.05) is 42.5 Å². The van der Waals surface area contributed by atoms with Gasteiger partial charge >= 0.3 is 5.97 Å². The van der Waals surface area contributed by atoms with Crippen molar-refractivity contribution in [2.45, 2.75) is 44.1 Å². The van der Waals surface area contributed by atoms with Crippen LogP contribution in [0.15, 0.2) is 67.0 Å². The Morgan fingerprint density at radius 2 is 1.81 bits per heavy atom. The van der Waals surface area contributed by atoms with Gasteiger partial charge in [-0.2, -0.15) is 0 Å². The monoisotopic (exact) mass is 417 g/mol. The van der Waals surface area contributed by atoms with Gasteiger partial charge in [0.25, 0.3) is 0 Å². The Balaban J connectivity index is 1.77. The SMILES string of the molecule is COc1ccc(C(Cc2ccncc2)c2ccccc2C(=O)O)cc1OC1CCCC1. The molecule has 4 rings (SSSR count). The molecule has 0 bridgehead atoms. The first-order valence-corrected chi connectivity index (χ1v) is 10.7. The summed E-state index contributed by atoms with van der Waals surface area (Å²) in [4.78, 5) is 16.1. The maximum Gasteiger partial charge on any atom is 0.335 e. The number of nitrogens with zero attached hydrogens (tertiary/aromatic N) is 1. The van der Waals surface area contributed by atoms with Crippen molar-refractivity contribution in [3.8, 4) is 11.5 Å². The summed E-state index contributed by atoms with van der Waals surface area (Å²) in [5.41, 5.74) is 3.19. The van der Waals surface area contributed by atoms with Crippen LogP contribution in [0.3, 0.4) is 0 Å². The van der Waals surface area contributed by atoms with E-state index in [0.29, 0.717) is 17.7 Å². The van der Waals surface area contributed by atoms with Gasteiger partial charge in [0.15, 0.2) is 11.5 Å². The molecule has 1 aromatic heterocycles. The highest BCUT2D eigenvalue weighted by Crippen LogP contribution is 2.38. The summed E-state index contributed by atoms with van der Waals surface area (Å²) in [6.45, 7) is 0. The number of hydrogen-bond acceptors (Lipinski definition) is 4. The van der Waals surface area contributed by atoms with Crippen LogP contribution in [-0.4, -0.2) is 29.3 Å². The maximum absolute atomic E-state index is 12.0. The van der Waals surface area contributed by atoms with E-state index in [1.54, 1.807) is 31.6 Å². The van der Waals surface area contributed by atoms with Gasteiger partial charge in [0, 0.05) is 18.3 Å². The second kappa shape index (κ2) is 9.65. The van der Waals surface area contributed by atoms with Gasteiger partial charge in [0.05, 0.1) is 18.8 Å². The zero-order valence-electron chi connectivity index (χ0n) is 17.7. The van der Waals surface area contributed by atoms with Crippen LogP contribution < -0.4 is 9.47 Å². The van der Waals surface area contributed by atoms with E-state index in [4.69, 9.17) is 9.47 Å². The smallest absolute Gasteiger partial charge is 0.335 e. The predicted molar refractivity (Wildman–Crippen MR) is 119 cm³/mol. The summed E-state index contributed by atoms with van der Waals surface area (Å²) in [5.74, 6) is 0.349. The average Bonchev–Trinajstić information content (AvgIpc) is 3.31. The molecule has 1 N–H and O–H groups in total. The van der Waals surface area contributed by atoms with E-state index in [1.165, 1.54) is 12.8 Å². The molecule has 0 aliphatic heterocycles. The molecule has 1 aliphatic carbocycles. The number of hydrogen-bond donors (Lipinski definition) is 1. The molecular formula is C26H27NO4. The first-order valence-electron chi connectivity index (χ1n) is 10.7. The third-order valence-corrected chi connectivity index (χ3v) is 5.94. The Bertz CT molecular complexity index is 1030. The van der Waals surface area contributed by atoms with Gasteiger partial charge in [-0.15, -0.1) is 0 Å². The van der Waals surface area contributed by atoms with E-state index in [-0.39, 0.29) is 12.0 Å². The number of rotatable bonds is 8. The van der Waals surface area contributed by atoms with Crippen LogP contribution in [0.1, 0.15) is 58.6 Å². The molecule has 1 saturated carbocycles. The summed E-state index contributed by atoms with van der Waals surface area (Å²) >= 11 is 0. The molecule has 1 heterocycles. The van der Waals surface area contributed by atoms with Crippen molar-refractivity contribution in [3.05, 3.63) is 89.2 Å². The number of carboxylic acids is 1. The molecule has 1 aliphatic rings. The molecule has 0 amide bonds. The first kappa shape index (κ1) is 20.9. The van der Waals surface area contributed by atoms with Crippen molar-refractivity contribution in [2.24, 2.45) is 0 Å². The van der Waals surface area contributed by atoms with E-state index >= 15 is 0 Å². The lowest BCUT2D eigenvalue weighted by Gasteiger charge is -2.23. The van der Waals surface area contributed by atoms with Gasteiger partial charge in [-0.05, 0) is 79.1 Å². The molecular weight excluding hydrogens is 390 g/mol. The van der Waals surface area contributed by atoms with Crippen molar-refractivity contribution >= 4 is 5.97 Å². The van der Waals surface area contributed by atoms with Crippen molar-refractivity contribution in [1.29, 1.82) is 0 Å². The molecule has 1 fully saturated rings. The molecule has 0 spiro atoms. The summed E-state index contributed by atoms with van der Waals surface area (Å²) in [6, 6.07) is 17.1. The number of benzene rings is 2. The van der Waals surface area contributed by atoms with Crippen LogP contribution in [-0.2, 0) is 6.42 Å². The highest BCUT2D eigenvalue weighted by Gasteiger charge is 2.24. The Kier molecular flexibility index (Phi) is 6.51. The van der Waals surface area contributed by atoms with Gasteiger partial charge in [-0.3, -0.25) is 4.98 Å². The summed E-state index contributed by atoms with van der Waals surface area (Å²) < 4.78 is 11.8. The normalized spacial score (nSPS) is 14.9.